The lowest BCUT2D eigenvalue weighted by Gasteiger charge is -2.13. The number of methoxy groups -OCH3 is 1. The fourth-order valence-corrected chi connectivity index (χ4v) is 4.93. The standard InChI is InChI=1S/C27H21N3O4S/c1-34-20-13-9-18(10-14-20)25-26(22-6-2-3-7-23(22)27(25)31)29-19-11-15-21(16-12-19)35(32,33)30-24-8-4-5-17-28-24/h2-17,29H,1H3,(H,28,30). The maximum Gasteiger partial charge on any atom is 0.263 e. The summed E-state index contributed by atoms with van der Waals surface area (Å²) in [7, 11) is -2.20. The maximum atomic E-state index is 13.3. The van der Waals surface area contributed by atoms with Crippen LogP contribution in [-0.2, 0) is 10.0 Å². The van der Waals surface area contributed by atoms with Crippen LogP contribution in [0.15, 0.2) is 102 Å². The number of benzene rings is 3. The van der Waals surface area contributed by atoms with E-state index >= 15 is 0 Å². The van der Waals surface area contributed by atoms with Crippen molar-refractivity contribution in [2.45, 2.75) is 4.90 Å². The third-order valence-electron chi connectivity index (χ3n) is 5.63. The highest BCUT2D eigenvalue weighted by Crippen LogP contribution is 2.39. The molecule has 0 unspecified atom stereocenters. The first-order chi connectivity index (χ1) is 17.0. The van der Waals surface area contributed by atoms with Gasteiger partial charge < -0.3 is 10.1 Å². The molecule has 1 aliphatic carbocycles. The number of hydrogen-bond donors (Lipinski definition) is 2. The number of ketones is 1. The molecule has 3 aromatic carbocycles. The zero-order valence-electron chi connectivity index (χ0n) is 18.7. The lowest BCUT2D eigenvalue weighted by Crippen LogP contribution is -2.13. The van der Waals surface area contributed by atoms with Crippen molar-refractivity contribution in [3.63, 3.8) is 0 Å². The lowest BCUT2D eigenvalue weighted by atomic mass is 10.0. The van der Waals surface area contributed by atoms with Crippen LogP contribution in [0.5, 0.6) is 5.75 Å². The molecule has 0 aliphatic heterocycles. The van der Waals surface area contributed by atoms with Gasteiger partial charge in [-0.2, -0.15) is 0 Å². The van der Waals surface area contributed by atoms with Crippen LogP contribution in [-0.4, -0.2) is 26.3 Å². The topological polar surface area (TPSA) is 97.4 Å². The molecule has 0 atom stereocenters. The number of carbonyl (C=O) groups is 1. The SMILES string of the molecule is COc1ccc(C2=C(Nc3ccc(S(=O)(=O)Nc4ccccn4)cc3)c3ccccc3C2=O)cc1. The van der Waals surface area contributed by atoms with Gasteiger partial charge in [0.2, 0.25) is 0 Å². The number of pyridine rings is 1. The van der Waals surface area contributed by atoms with Crippen molar-refractivity contribution in [2.75, 3.05) is 17.1 Å². The summed E-state index contributed by atoms with van der Waals surface area (Å²) in [6, 6.07) is 26.0. The molecule has 0 saturated carbocycles. The molecule has 0 fully saturated rings. The second-order valence-corrected chi connectivity index (χ2v) is 9.51. The fraction of sp³-hybridized carbons (Fsp3) is 0.0370. The van der Waals surface area contributed by atoms with E-state index in [1.807, 2.05) is 42.5 Å². The highest BCUT2D eigenvalue weighted by molar-refractivity contribution is 7.92. The first kappa shape index (κ1) is 22.4. The Kier molecular flexibility index (Phi) is 5.80. The molecule has 35 heavy (non-hydrogen) atoms. The van der Waals surface area contributed by atoms with Crippen LogP contribution >= 0.6 is 0 Å². The number of allylic oxidation sites excluding steroid dienone is 1. The van der Waals surface area contributed by atoms with Gasteiger partial charge in [-0.25, -0.2) is 13.4 Å². The van der Waals surface area contributed by atoms with Gasteiger partial charge in [0, 0.05) is 23.0 Å². The minimum atomic E-state index is -3.79. The van der Waals surface area contributed by atoms with Crippen molar-refractivity contribution in [1.29, 1.82) is 0 Å². The van der Waals surface area contributed by atoms with E-state index in [0.29, 0.717) is 28.3 Å². The number of carbonyl (C=O) groups excluding carboxylic acids is 1. The third kappa shape index (κ3) is 4.39. The number of anilines is 2. The Morgan fingerprint density at radius 1 is 0.800 bits per heavy atom. The predicted octanol–water partition coefficient (Wildman–Crippen LogP) is 5.07. The van der Waals surface area contributed by atoms with Gasteiger partial charge >= 0.3 is 0 Å². The Hall–Kier alpha value is -4.43. The molecule has 7 nitrogen and oxygen atoms in total. The second kappa shape index (κ2) is 9.08. The van der Waals surface area contributed by atoms with Crippen molar-refractivity contribution in [3.05, 3.63) is 114 Å². The number of sulfonamides is 1. The van der Waals surface area contributed by atoms with Crippen molar-refractivity contribution in [3.8, 4) is 5.75 Å². The number of Topliss-reactive ketones (excluding diaryl/α,β-unsaturated/α-hetero) is 1. The molecular weight excluding hydrogens is 462 g/mol. The normalized spacial score (nSPS) is 12.9. The number of aromatic nitrogens is 1. The maximum absolute atomic E-state index is 13.3. The molecule has 4 aromatic rings. The molecule has 8 heteroatoms. The van der Waals surface area contributed by atoms with Crippen LogP contribution in [0, 0.1) is 0 Å². The zero-order valence-corrected chi connectivity index (χ0v) is 19.5. The fourth-order valence-electron chi connectivity index (χ4n) is 3.93. The molecule has 2 N–H and O–H groups in total. The number of ether oxygens (including phenoxy) is 1. The Morgan fingerprint density at radius 3 is 2.14 bits per heavy atom. The highest BCUT2D eigenvalue weighted by Gasteiger charge is 2.30. The molecule has 1 aliphatic rings. The second-order valence-electron chi connectivity index (χ2n) is 7.82. The average Bonchev–Trinajstić information content (AvgIpc) is 3.16. The minimum absolute atomic E-state index is 0.0768. The van der Waals surface area contributed by atoms with Gasteiger partial charge in [-0.15, -0.1) is 0 Å². The smallest absolute Gasteiger partial charge is 0.263 e. The van der Waals surface area contributed by atoms with Gasteiger partial charge in [0.25, 0.3) is 10.0 Å². The highest BCUT2D eigenvalue weighted by atomic mass is 32.2. The molecule has 1 heterocycles. The van der Waals surface area contributed by atoms with Crippen LogP contribution in [0.3, 0.4) is 0 Å². The lowest BCUT2D eigenvalue weighted by molar-refractivity contribution is 0.105. The molecule has 0 bridgehead atoms. The number of rotatable bonds is 7. The van der Waals surface area contributed by atoms with Crippen LogP contribution in [0.1, 0.15) is 21.5 Å². The van der Waals surface area contributed by atoms with Crippen LogP contribution < -0.4 is 14.8 Å². The number of nitrogens with zero attached hydrogens (tertiary/aromatic N) is 1. The summed E-state index contributed by atoms with van der Waals surface area (Å²) in [6.07, 6.45) is 1.51. The summed E-state index contributed by atoms with van der Waals surface area (Å²) in [5.41, 5.74) is 4.01. The third-order valence-corrected chi connectivity index (χ3v) is 7.01. The Morgan fingerprint density at radius 2 is 1.49 bits per heavy atom. The molecule has 0 saturated heterocycles. The van der Waals surface area contributed by atoms with Gasteiger partial charge in [-0.3, -0.25) is 9.52 Å². The van der Waals surface area contributed by atoms with Gasteiger partial charge in [-0.05, 0) is 54.1 Å². The average molecular weight is 484 g/mol. The summed E-state index contributed by atoms with van der Waals surface area (Å²) in [5, 5.41) is 3.33. The molecule has 174 valence electrons. The van der Waals surface area contributed by atoms with Gasteiger partial charge in [0.15, 0.2) is 5.78 Å². The van der Waals surface area contributed by atoms with Crippen molar-refractivity contribution in [2.24, 2.45) is 0 Å². The van der Waals surface area contributed by atoms with Crippen LogP contribution in [0.4, 0.5) is 11.5 Å². The van der Waals surface area contributed by atoms with E-state index in [1.54, 1.807) is 43.5 Å². The predicted molar refractivity (Wildman–Crippen MR) is 136 cm³/mol. The summed E-state index contributed by atoms with van der Waals surface area (Å²) in [4.78, 5) is 17.4. The van der Waals surface area contributed by atoms with Crippen LogP contribution in [0.25, 0.3) is 11.3 Å². The van der Waals surface area contributed by atoms with Gasteiger partial charge in [-0.1, -0.05) is 42.5 Å². The molecule has 5 rings (SSSR count). The van der Waals surface area contributed by atoms with Gasteiger partial charge in [0.1, 0.15) is 11.6 Å². The van der Waals surface area contributed by atoms with Crippen molar-refractivity contribution in [1.82, 2.24) is 4.98 Å². The summed E-state index contributed by atoms with van der Waals surface area (Å²) in [5.74, 6) is 0.861. The Labute approximate surface area is 203 Å². The number of nitrogens with one attached hydrogen (secondary N) is 2. The molecule has 1 aromatic heterocycles. The monoisotopic (exact) mass is 483 g/mol. The van der Waals surface area contributed by atoms with Gasteiger partial charge in [0.05, 0.1) is 23.3 Å². The van der Waals surface area contributed by atoms with Crippen molar-refractivity contribution < 1.29 is 17.9 Å². The molecule has 0 amide bonds. The quantitative estimate of drug-likeness (QED) is 0.381. The zero-order chi connectivity index (χ0) is 24.4. The summed E-state index contributed by atoms with van der Waals surface area (Å²) >= 11 is 0. The van der Waals surface area contributed by atoms with E-state index in [9.17, 15) is 13.2 Å². The van der Waals surface area contributed by atoms with Crippen LogP contribution in [0.2, 0.25) is 0 Å². The minimum Gasteiger partial charge on any atom is -0.497 e. The molecule has 0 spiro atoms. The van der Waals surface area contributed by atoms with E-state index in [4.69, 9.17) is 4.74 Å². The molecular formula is C27H21N3O4S. The first-order valence-electron chi connectivity index (χ1n) is 10.8. The summed E-state index contributed by atoms with van der Waals surface area (Å²) < 4.78 is 33.1. The van der Waals surface area contributed by atoms with E-state index in [2.05, 4.69) is 15.0 Å². The van der Waals surface area contributed by atoms with E-state index in [0.717, 1.165) is 11.1 Å². The molecule has 0 radical (unpaired) electrons. The Bertz CT molecular complexity index is 1530. The largest absolute Gasteiger partial charge is 0.497 e. The van der Waals surface area contributed by atoms with Crippen molar-refractivity contribution >= 4 is 38.6 Å². The summed E-state index contributed by atoms with van der Waals surface area (Å²) in [6.45, 7) is 0. The Balaban J connectivity index is 1.48. The first-order valence-corrected chi connectivity index (χ1v) is 12.3. The number of fused-ring (bicyclic) bond motifs is 1. The van der Waals surface area contributed by atoms with E-state index in [1.165, 1.54) is 18.3 Å². The number of hydrogen-bond acceptors (Lipinski definition) is 6. The van der Waals surface area contributed by atoms with E-state index in [-0.39, 0.29) is 16.5 Å². The van der Waals surface area contributed by atoms with E-state index < -0.39 is 10.0 Å².